The van der Waals surface area contributed by atoms with Crippen LogP contribution in [0.3, 0.4) is 0 Å². The molecule has 1 N–H and O–H groups in total. The molecular weight excluding hydrogens is 364 g/mol. The molecule has 1 saturated heterocycles. The molecule has 1 aromatic heterocycles. The summed E-state index contributed by atoms with van der Waals surface area (Å²) >= 11 is 0. The summed E-state index contributed by atoms with van der Waals surface area (Å²) in [7, 11) is 0. The molecule has 6 nitrogen and oxygen atoms in total. The van der Waals surface area contributed by atoms with Crippen molar-refractivity contribution < 1.29 is 9.53 Å². The Bertz CT molecular complexity index is 885. The molecule has 0 unspecified atom stereocenters. The molecule has 0 spiro atoms. The van der Waals surface area contributed by atoms with Gasteiger partial charge in [-0.3, -0.25) is 4.79 Å². The van der Waals surface area contributed by atoms with Crippen LogP contribution in [-0.4, -0.2) is 42.2 Å². The molecule has 2 aliphatic rings. The van der Waals surface area contributed by atoms with Crippen LogP contribution in [0.15, 0.2) is 30.5 Å². The van der Waals surface area contributed by atoms with Gasteiger partial charge in [-0.15, -0.1) is 0 Å². The number of ether oxygens (including phenoxy) is 1. The van der Waals surface area contributed by atoms with Crippen molar-refractivity contribution in [1.29, 1.82) is 0 Å². The van der Waals surface area contributed by atoms with E-state index < -0.39 is 0 Å². The van der Waals surface area contributed by atoms with E-state index in [4.69, 9.17) is 9.72 Å². The summed E-state index contributed by atoms with van der Waals surface area (Å²) in [6, 6.07) is 8.15. The van der Waals surface area contributed by atoms with Crippen molar-refractivity contribution in [2.24, 2.45) is 5.92 Å². The molecule has 1 amide bonds. The van der Waals surface area contributed by atoms with Crippen molar-refractivity contribution in [2.75, 3.05) is 36.5 Å². The summed E-state index contributed by atoms with van der Waals surface area (Å²) < 4.78 is 5.41. The Hall–Kier alpha value is -2.47. The van der Waals surface area contributed by atoms with E-state index >= 15 is 0 Å². The highest BCUT2D eigenvalue weighted by atomic mass is 16.5. The number of hydrogen-bond donors (Lipinski definition) is 1. The quantitative estimate of drug-likeness (QED) is 0.865. The highest BCUT2D eigenvalue weighted by molar-refractivity contribution is 5.93. The lowest BCUT2D eigenvalue weighted by atomic mass is 9.86. The first-order valence-corrected chi connectivity index (χ1v) is 10.5. The predicted octanol–water partition coefficient (Wildman–Crippen LogP) is 3.35. The Balaban J connectivity index is 1.42. The number of carbonyl (C=O) groups excluding carboxylic acids is 1. The summed E-state index contributed by atoms with van der Waals surface area (Å²) in [5, 5.41) is 3.12. The molecule has 6 heteroatoms. The summed E-state index contributed by atoms with van der Waals surface area (Å²) in [6.45, 7) is 9.64. The van der Waals surface area contributed by atoms with Gasteiger partial charge in [-0.05, 0) is 47.9 Å². The van der Waals surface area contributed by atoms with E-state index in [0.29, 0.717) is 6.42 Å². The van der Waals surface area contributed by atoms with Crippen LogP contribution in [-0.2, 0) is 27.8 Å². The number of fused-ring (bicyclic) bond motifs is 1. The van der Waals surface area contributed by atoms with E-state index in [1.165, 1.54) is 5.56 Å². The lowest BCUT2D eigenvalue weighted by molar-refractivity contribution is -0.120. The van der Waals surface area contributed by atoms with Gasteiger partial charge in [-0.25, -0.2) is 9.97 Å². The van der Waals surface area contributed by atoms with Gasteiger partial charge >= 0.3 is 0 Å². The first-order valence-electron chi connectivity index (χ1n) is 10.5. The van der Waals surface area contributed by atoms with E-state index in [-0.39, 0.29) is 17.2 Å². The smallest absolute Gasteiger partial charge is 0.227 e. The van der Waals surface area contributed by atoms with Gasteiger partial charge in [0, 0.05) is 36.6 Å². The van der Waals surface area contributed by atoms with Crippen LogP contribution >= 0.6 is 0 Å². The fourth-order valence-corrected chi connectivity index (χ4v) is 3.94. The largest absolute Gasteiger partial charge is 0.378 e. The van der Waals surface area contributed by atoms with Crippen LogP contribution in [0.5, 0.6) is 0 Å². The van der Waals surface area contributed by atoms with E-state index in [1.807, 2.05) is 18.3 Å². The lowest BCUT2D eigenvalue weighted by Crippen LogP contribution is -2.38. The molecule has 1 fully saturated rings. The number of nitrogens with one attached hydrogen (secondary N) is 1. The van der Waals surface area contributed by atoms with Gasteiger partial charge < -0.3 is 15.0 Å². The minimum atomic E-state index is -0.0429. The zero-order chi connectivity index (χ0) is 20.4. The number of hydrogen-bond acceptors (Lipinski definition) is 5. The zero-order valence-corrected chi connectivity index (χ0v) is 17.6. The Morgan fingerprint density at radius 1 is 1.24 bits per heavy atom. The SMILES string of the molecule is CC(C)(C)c1cccc(NC(=O)[C@H]2CCc3nc(N4CCOCC4)ncc3C2)c1. The lowest BCUT2D eigenvalue weighted by Gasteiger charge is -2.29. The predicted molar refractivity (Wildman–Crippen MR) is 114 cm³/mol. The van der Waals surface area contributed by atoms with Crippen molar-refractivity contribution in [2.45, 2.75) is 45.4 Å². The maximum absolute atomic E-state index is 12.9. The molecule has 2 aromatic rings. The number of anilines is 2. The van der Waals surface area contributed by atoms with Crippen molar-refractivity contribution >= 4 is 17.5 Å². The van der Waals surface area contributed by atoms with Crippen LogP contribution in [0.4, 0.5) is 11.6 Å². The maximum atomic E-state index is 12.9. The molecule has 29 heavy (non-hydrogen) atoms. The number of carbonyl (C=O) groups is 1. The number of nitrogens with zero attached hydrogens (tertiary/aromatic N) is 3. The van der Waals surface area contributed by atoms with Gasteiger partial charge in [0.15, 0.2) is 0 Å². The van der Waals surface area contributed by atoms with Gasteiger partial charge in [-0.2, -0.15) is 0 Å². The van der Waals surface area contributed by atoms with Gasteiger partial charge in [0.2, 0.25) is 11.9 Å². The molecule has 1 aliphatic heterocycles. The first-order chi connectivity index (χ1) is 13.9. The maximum Gasteiger partial charge on any atom is 0.227 e. The third kappa shape index (κ3) is 4.58. The van der Waals surface area contributed by atoms with Crippen LogP contribution < -0.4 is 10.2 Å². The first kappa shape index (κ1) is 19.8. The van der Waals surface area contributed by atoms with Gasteiger partial charge in [0.1, 0.15) is 0 Å². The Morgan fingerprint density at radius 2 is 2.03 bits per heavy atom. The highest BCUT2D eigenvalue weighted by Crippen LogP contribution is 2.28. The number of aromatic nitrogens is 2. The second-order valence-corrected chi connectivity index (χ2v) is 9.00. The summed E-state index contributed by atoms with van der Waals surface area (Å²) in [6.07, 6.45) is 4.24. The van der Waals surface area contributed by atoms with Crippen LogP contribution in [0.2, 0.25) is 0 Å². The third-order valence-electron chi connectivity index (χ3n) is 5.80. The summed E-state index contributed by atoms with van der Waals surface area (Å²) in [4.78, 5) is 24.4. The summed E-state index contributed by atoms with van der Waals surface area (Å²) in [5.41, 5.74) is 4.32. The molecule has 0 bridgehead atoms. The average Bonchev–Trinajstić information content (AvgIpc) is 2.73. The molecule has 2 heterocycles. The number of aryl methyl sites for hydroxylation is 1. The van der Waals surface area contributed by atoms with Gasteiger partial charge in [-0.1, -0.05) is 32.9 Å². The normalized spacial score (nSPS) is 19.6. The van der Waals surface area contributed by atoms with E-state index in [0.717, 1.165) is 62.0 Å². The average molecular weight is 395 g/mol. The number of benzene rings is 1. The molecule has 154 valence electrons. The monoisotopic (exact) mass is 394 g/mol. The standard InChI is InChI=1S/C23H30N4O2/c1-23(2,3)18-5-4-6-19(14-18)25-21(28)16-7-8-20-17(13-16)15-24-22(26-20)27-9-11-29-12-10-27/h4-6,14-16H,7-13H2,1-3H3,(H,25,28)/t16-/m0/s1. The fourth-order valence-electron chi connectivity index (χ4n) is 3.94. The molecular formula is C23H30N4O2. The number of rotatable bonds is 3. The van der Waals surface area contributed by atoms with E-state index in [1.54, 1.807) is 0 Å². The Labute approximate surface area is 172 Å². The molecule has 4 rings (SSSR count). The van der Waals surface area contributed by atoms with E-state index in [9.17, 15) is 4.79 Å². The minimum absolute atomic E-state index is 0.0429. The van der Waals surface area contributed by atoms with Gasteiger partial charge in [0.25, 0.3) is 0 Å². The fraction of sp³-hybridized carbons (Fsp3) is 0.522. The highest BCUT2D eigenvalue weighted by Gasteiger charge is 2.27. The molecule has 0 radical (unpaired) electrons. The molecule has 1 aromatic carbocycles. The van der Waals surface area contributed by atoms with Gasteiger partial charge in [0.05, 0.1) is 13.2 Å². The molecule has 1 atom stereocenters. The van der Waals surface area contributed by atoms with Crippen molar-refractivity contribution in [3.63, 3.8) is 0 Å². The van der Waals surface area contributed by atoms with Crippen LogP contribution in [0.25, 0.3) is 0 Å². The Kier molecular flexibility index (Phi) is 5.54. The zero-order valence-electron chi connectivity index (χ0n) is 17.6. The third-order valence-corrected chi connectivity index (χ3v) is 5.80. The van der Waals surface area contributed by atoms with E-state index in [2.05, 4.69) is 48.1 Å². The number of morpholine rings is 1. The topological polar surface area (TPSA) is 67.4 Å². The second kappa shape index (κ2) is 8.11. The van der Waals surface area contributed by atoms with Crippen molar-refractivity contribution in [3.8, 4) is 0 Å². The molecule has 0 saturated carbocycles. The van der Waals surface area contributed by atoms with Crippen molar-refractivity contribution in [3.05, 3.63) is 47.3 Å². The summed E-state index contributed by atoms with van der Waals surface area (Å²) in [5.74, 6) is 0.826. The van der Waals surface area contributed by atoms with Crippen LogP contribution in [0, 0.1) is 5.92 Å². The minimum Gasteiger partial charge on any atom is -0.378 e. The van der Waals surface area contributed by atoms with Crippen LogP contribution in [0.1, 0.15) is 44.0 Å². The second-order valence-electron chi connectivity index (χ2n) is 9.00. The van der Waals surface area contributed by atoms with Crippen molar-refractivity contribution in [1.82, 2.24) is 9.97 Å². The Morgan fingerprint density at radius 3 is 2.79 bits per heavy atom. The number of amides is 1. The molecule has 1 aliphatic carbocycles.